The number of ether oxygens (including phenoxy) is 1. The van der Waals surface area contributed by atoms with E-state index >= 15 is 0 Å². The standard InChI is InChI=1S/C12H18ClN5O/c1-8(2)7-19-5-3-4-14-10-9-6-15-18-11(9)17-12(13)16-10/h6,8H,3-5,7H2,1-2H3,(H2,14,15,16,17,18). The molecule has 0 fully saturated rings. The number of hydrogen-bond donors (Lipinski definition) is 2. The van der Waals surface area contributed by atoms with E-state index in [1.165, 1.54) is 0 Å². The molecular weight excluding hydrogens is 266 g/mol. The second kappa shape index (κ2) is 6.68. The Hall–Kier alpha value is -1.40. The molecule has 0 aliphatic rings. The molecule has 0 saturated carbocycles. The maximum Gasteiger partial charge on any atom is 0.226 e. The van der Waals surface area contributed by atoms with Crippen molar-refractivity contribution in [1.82, 2.24) is 20.2 Å². The first-order valence-electron chi connectivity index (χ1n) is 6.35. The Labute approximate surface area is 116 Å². The highest BCUT2D eigenvalue weighted by atomic mass is 35.5. The van der Waals surface area contributed by atoms with E-state index in [0.717, 1.165) is 31.6 Å². The van der Waals surface area contributed by atoms with Crippen molar-refractivity contribution in [2.45, 2.75) is 20.3 Å². The van der Waals surface area contributed by atoms with E-state index in [0.29, 0.717) is 17.4 Å². The first-order chi connectivity index (χ1) is 9.16. The minimum atomic E-state index is 0.204. The molecule has 6 nitrogen and oxygen atoms in total. The van der Waals surface area contributed by atoms with Crippen molar-refractivity contribution in [3.05, 3.63) is 11.5 Å². The number of anilines is 1. The van der Waals surface area contributed by atoms with Crippen LogP contribution in [0.25, 0.3) is 11.0 Å². The van der Waals surface area contributed by atoms with Crippen LogP contribution < -0.4 is 5.32 Å². The molecule has 0 bridgehead atoms. The first-order valence-corrected chi connectivity index (χ1v) is 6.73. The van der Waals surface area contributed by atoms with Gasteiger partial charge in [0.05, 0.1) is 11.6 Å². The summed E-state index contributed by atoms with van der Waals surface area (Å²) in [6.07, 6.45) is 2.59. The van der Waals surface area contributed by atoms with Gasteiger partial charge in [-0.1, -0.05) is 13.8 Å². The van der Waals surface area contributed by atoms with E-state index in [1.807, 2.05) is 0 Å². The second-order valence-corrected chi connectivity index (χ2v) is 5.06. The largest absolute Gasteiger partial charge is 0.381 e. The van der Waals surface area contributed by atoms with Gasteiger partial charge in [-0.15, -0.1) is 0 Å². The van der Waals surface area contributed by atoms with Crippen molar-refractivity contribution in [2.24, 2.45) is 5.92 Å². The molecule has 2 aromatic rings. The van der Waals surface area contributed by atoms with Gasteiger partial charge in [0.2, 0.25) is 5.28 Å². The van der Waals surface area contributed by atoms with Gasteiger partial charge in [0.15, 0.2) is 5.65 Å². The molecular formula is C12H18ClN5O. The van der Waals surface area contributed by atoms with Gasteiger partial charge in [-0.05, 0) is 23.9 Å². The first kappa shape index (κ1) is 14.0. The van der Waals surface area contributed by atoms with Crippen LogP contribution in [0.3, 0.4) is 0 Å². The van der Waals surface area contributed by atoms with Crippen molar-refractivity contribution < 1.29 is 4.74 Å². The van der Waals surface area contributed by atoms with Crippen molar-refractivity contribution >= 4 is 28.5 Å². The second-order valence-electron chi connectivity index (χ2n) is 4.72. The van der Waals surface area contributed by atoms with E-state index in [9.17, 15) is 0 Å². The number of nitrogens with one attached hydrogen (secondary N) is 2. The van der Waals surface area contributed by atoms with Gasteiger partial charge >= 0.3 is 0 Å². The molecule has 2 rings (SSSR count). The summed E-state index contributed by atoms with van der Waals surface area (Å²) in [4.78, 5) is 8.21. The SMILES string of the molecule is CC(C)COCCCNc1nc(Cl)nc2[nH]ncc12. The molecule has 2 aromatic heterocycles. The summed E-state index contributed by atoms with van der Waals surface area (Å²) in [5, 5.41) is 11.0. The normalized spacial score (nSPS) is 11.4. The van der Waals surface area contributed by atoms with Crippen LogP contribution in [0.2, 0.25) is 5.28 Å². The molecule has 7 heteroatoms. The van der Waals surface area contributed by atoms with Gasteiger partial charge in [-0.25, -0.2) is 0 Å². The molecule has 0 aromatic carbocycles. The molecule has 0 amide bonds. The summed E-state index contributed by atoms with van der Waals surface area (Å²) >= 11 is 5.84. The molecule has 104 valence electrons. The van der Waals surface area contributed by atoms with Gasteiger partial charge in [0, 0.05) is 19.8 Å². The molecule has 0 atom stereocenters. The fraction of sp³-hybridized carbons (Fsp3) is 0.583. The van der Waals surface area contributed by atoms with Gasteiger partial charge in [-0.2, -0.15) is 15.1 Å². The van der Waals surface area contributed by atoms with E-state index < -0.39 is 0 Å². The predicted octanol–water partition coefficient (Wildman–Crippen LogP) is 2.48. The molecule has 0 saturated heterocycles. The van der Waals surface area contributed by atoms with Crippen LogP contribution in [0.4, 0.5) is 5.82 Å². The van der Waals surface area contributed by atoms with Crippen LogP contribution in [-0.4, -0.2) is 39.9 Å². The molecule has 2 heterocycles. The third-order valence-corrected chi connectivity index (χ3v) is 2.66. The average Bonchev–Trinajstić information content (AvgIpc) is 2.80. The smallest absolute Gasteiger partial charge is 0.226 e. The Balaban J connectivity index is 1.83. The quantitative estimate of drug-likeness (QED) is 0.603. The highest BCUT2D eigenvalue weighted by Crippen LogP contribution is 2.19. The summed E-state index contributed by atoms with van der Waals surface area (Å²) in [6.45, 7) is 6.57. The molecule has 19 heavy (non-hydrogen) atoms. The Bertz CT molecular complexity index is 528. The number of aromatic amines is 1. The summed E-state index contributed by atoms with van der Waals surface area (Å²) < 4.78 is 5.51. The van der Waals surface area contributed by atoms with Gasteiger partial charge in [-0.3, -0.25) is 5.10 Å². The number of fused-ring (bicyclic) bond motifs is 1. The number of nitrogens with zero attached hydrogens (tertiary/aromatic N) is 3. The van der Waals surface area contributed by atoms with Crippen LogP contribution in [0.15, 0.2) is 6.20 Å². The molecule has 2 N–H and O–H groups in total. The number of aromatic nitrogens is 4. The molecule has 0 radical (unpaired) electrons. The van der Waals surface area contributed by atoms with Crippen LogP contribution in [0.1, 0.15) is 20.3 Å². The van der Waals surface area contributed by atoms with E-state index in [-0.39, 0.29) is 5.28 Å². The molecule has 0 spiro atoms. The van der Waals surface area contributed by atoms with Crippen molar-refractivity contribution in [3.63, 3.8) is 0 Å². The van der Waals surface area contributed by atoms with E-state index in [2.05, 4.69) is 39.3 Å². The fourth-order valence-electron chi connectivity index (χ4n) is 1.64. The number of rotatable bonds is 7. The maximum absolute atomic E-state index is 5.84. The topological polar surface area (TPSA) is 75.7 Å². The highest BCUT2D eigenvalue weighted by Gasteiger charge is 2.07. The number of halogens is 1. The zero-order valence-electron chi connectivity index (χ0n) is 11.1. The molecule has 0 aliphatic carbocycles. The van der Waals surface area contributed by atoms with Crippen LogP contribution in [0, 0.1) is 5.92 Å². The Morgan fingerprint density at radius 3 is 3.05 bits per heavy atom. The van der Waals surface area contributed by atoms with Crippen molar-refractivity contribution in [2.75, 3.05) is 25.1 Å². The van der Waals surface area contributed by atoms with Gasteiger partial charge in [0.25, 0.3) is 0 Å². The summed E-state index contributed by atoms with van der Waals surface area (Å²) in [6, 6.07) is 0. The lowest BCUT2D eigenvalue weighted by Gasteiger charge is -2.08. The summed E-state index contributed by atoms with van der Waals surface area (Å²) in [7, 11) is 0. The Morgan fingerprint density at radius 1 is 1.42 bits per heavy atom. The Morgan fingerprint density at radius 2 is 2.26 bits per heavy atom. The highest BCUT2D eigenvalue weighted by molar-refractivity contribution is 6.28. The molecule has 0 aliphatic heterocycles. The zero-order valence-corrected chi connectivity index (χ0v) is 11.9. The number of H-pyrrole nitrogens is 1. The maximum atomic E-state index is 5.84. The number of hydrogen-bond acceptors (Lipinski definition) is 5. The lowest BCUT2D eigenvalue weighted by molar-refractivity contribution is 0.110. The fourth-order valence-corrected chi connectivity index (χ4v) is 1.81. The monoisotopic (exact) mass is 283 g/mol. The average molecular weight is 284 g/mol. The van der Waals surface area contributed by atoms with Crippen LogP contribution >= 0.6 is 11.6 Å². The lowest BCUT2D eigenvalue weighted by atomic mass is 10.2. The minimum absolute atomic E-state index is 0.204. The minimum Gasteiger partial charge on any atom is -0.381 e. The van der Waals surface area contributed by atoms with Crippen LogP contribution in [-0.2, 0) is 4.74 Å². The van der Waals surface area contributed by atoms with Crippen LogP contribution in [0.5, 0.6) is 0 Å². The van der Waals surface area contributed by atoms with E-state index in [1.54, 1.807) is 6.20 Å². The van der Waals surface area contributed by atoms with Crippen molar-refractivity contribution in [3.8, 4) is 0 Å². The van der Waals surface area contributed by atoms with Gasteiger partial charge in [0.1, 0.15) is 5.82 Å². The predicted molar refractivity (Wildman–Crippen MR) is 75.5 cm³/mol. The zero-order chi connectivity index (χ0) is 13.7. The summed E-state index contributed by atoms with van der Waals surface area (Å²) in [5.74, 6) is 1.27. The third-order valence-electron chi connectivity index (χ3n) is 2.49. The third kappa shape index (κ3) is 4.04. The van der Waals surface area contributed by atoms with Gasteiger partial charge < -0.3 is 10.1 Å². The molecule has 0 unspecified atom stereocenters. The summed E-state index contributed by atoms with van der Waals surface area (Å²) in [5.41, 5.74) is 0.638. The van der Waals surface area contributed by atoms with E-state index in [4.69, 9.17) is 16.3 Å². The lowest BCUT2D eigenvalue weighted by Crippen LogP contribution is -2.09. The van der Waals surface area contributed by atoms with Crippen molar-refractivity contribution in [1.29, 1.82) is 0 Å². The Kier molecular flexibility index (Phi) is 4.93.